The highest BCUT2D eigenvalue weighted by Gasteiger charge is 2.92. The van der Waals surface area contributed by atoms with Gasteiger partial charge in [0.2, 0.25) is 0 Å². The van der Waals surface area contributed by atoms with Crippen LogP contribution in [-0.2, 0) is 26.3 Å². The first-order valence-corrected chi connectivity index (χ1v) is 16.0. The summed E-state index contributed by atoms with van der Waals surface area (Å²) in [6.45, 7) is 7.23. The number of rotatable bonds is 7. The first kappa shape index (κ1) is 26.9. The zero-order chi connectivity index (χ0) is 28.6. The van der Waals surface area contributed by atoms with Crippen molar-refractivity contribution in [2.45, 2.75) is 84.2 Å². The molecule has 7 atom stereocenters. The molecule has 6 aliphatic rings. The molecule has 1 saturated heterocycles. The third-order valence-electron chi connectivity index (χ3n) is 11.5. The van der Waals surface area contributed by atoms with Gasteiger partial charge in [-0.2, -0.15) is 0 Å². The molecule has 5 nitrogen and oxygen atoms in total. The third-order valence-corrected chi connectivity index (χ3v) is 11.5. The van der Waals surface area contributed by atoms with E-state index < -0.39 is 16.4 Å². The molecule has 4 aliphatic carbocycles. The van der Waals surface area contributed by atoms with E-state index in [9.17, 15) is 9.59 Å². The molecule has 1 aromatic carbocycles. The summed E-state index contributed by atoms with van der Waals surface area (Å²) in [5.74, 6) is 1.51. The monoisotopic (exact) mass is 553 g/mol. The van der Waals surface area contributed by atoms with Gasteiger partial charge in [0.05, 0.1) is 11.0 Å². The van der Waals surface area contributed by atoms with Crippen LogP contribution in [-0.4, -0.2) is 18.5 Å². The molecule has 1 aromatic rings. The minimum Gasteiger partial charge on any atom is -0.449 e. The lowest BCUT2D eigenvalue weighted by Crippen LogP contribution is -2.76. The summed E-state index contributed by atoms with van der Waals surface area (Å²) < 4.78 is 13.2. The number of benzene rings is 1. The molecule has 2 N–H and O–H groups in total. The van der Waals surface area contributed by atoms with Crippen LogP contribution in [0.1, 0.15) is 93.6 Å². The molecule has 7 rings (SSSR count). The number of ether oxygens (including phenoxy) is 2. The zero-order valence-corrected chi connectivity index (χ0v) is 24.7. The summed E-state index contributed by atoms with van der Waals surface area (Å²) >= 11 is 0. The maximum absolute atomic E-state index is 14.6. The zero-order valence-electron chi connectivity index (χ0n) is 24.7. The maximum atomic E-state index is 14.6. The lowest BCUT2D eigenvalue weighted by molar-refractivity contribution is -0.275. The van der Waals surface area contributed by atoms with Gasteiger partial charge in [0.25, 0.3) is 0 Å². The quantitative estimate of drug-likeness (QED) is 0.288. The number of cyclic esters (lactones) is 1. The minimum atomic E-state index is -0.918. The second-order valence-corrected chi connectivity index (χ2v) is 13.2. The van der Waals surface area contributed by atoms with Crippen LogP contribution < -0.4 is 5.73 Å². The van der Waals surface area contributed by atoms with Crippen molar-refractivity contribution in [2.24, 2.45) is 40.2 Å². The molecular weight excluding hydrogens is 510 g/mol. The summed E-state index contributed by atoms with van der Waals surface area (Å²) in [7, 11) is 0. The molecule has 0 amide bonds. The van der Waals surface area contributed by atoms with Crippen molar-refractivity contribution in [1.29, 1.82) is 0 Å². The van der Waals surface area contributed by atoms with Gasteiger partial charge in [0, 0.05) is 17.4 Å². The number of fused-ring (bicyclic) bond motifs is 4. The van der Waals surface area contributed by atoms with Gasteiger partial charge in [-0.05, 0) is 80.5 Å². The van der Waals surface area contributed by atoms with Crippen LogP contribution >= 0.6 is 0 Å². The number of carbonyl (C=O) groups is 2. The highest BCUT2D eigenvalue weighted by atomic mass is 16.6. The normalized spacial score (nSPS) is 38.7. The van der Waals surface area contributed by atoms with Gasteiger partial charge in [-0.25, -0.2) is 4.79 Å². The average Bonchev–Trinajstić information content (AvgIpc) is 3.43. The fourth-order valence-corrected chi connectivity index (χ4v) is 10.0. The predicted octanol–water partition coefficient (Wildman–Crippen LogP) is 7.08. The Hall–Kier alpha value is -2.92. The van der Waals surface area contributed by atoms with Gasteiger partial charge in [-0.1, -0.05) is 81.7 Å². The molecule has 216 valence electrons. The highest BCUT2D eigenvalue weighted by molar-refractivity contribution is 6.00. The maximum Gasteiger partial charge on any atom is 0.339 e. The number of hydrogen-bond acceptors (Lipinski definition) is 5. The number of carbonyl (C=O) groups excluding carboxylic acids is 2. The van der Waals surface area contributed by atoms with Crippen LogP contribution in [0.25, 0.3) is 0 Å². The molecule has 0 radical (unpaired) electrons. The van der Waals surface area contributed by atoms with Crippen molar-refractivity contribution < 1.29 is 19.1 Å². The summed E-state index contributed by atoms with van der Waals surface area (Å²) in [5, 5.41) is 0. The van der Waals surface area contributed by atoms with Crippen molar-refractivity contribution in [3.8, 4) is 0 Å². The Labute approximate surface area is 243 Å². The van der Waals surface area contributed by atoms with E-state index in [1.165, 1.54) is 5.57 Å². The van der Waals surface area contributed by atoms with Gasteiger partial charge in [-0.3, -0.25) is 4.79 Å². The minimum absolute atomic E-state index is 0.143. The van der Waals surface area contributed by atoms with E-state index in [0.717, 1.165) is 80.2 Å². The standard InChI is InChI=1S/C36H43NO4/c1-4-6-16-30-34-20-19-26-25-14-7-11-22(3)24(25)17-18-27(26)35(34,33(39)40-30)29(10-5-2)36(34)28-15-8-12-23(13-9-21-37)31(28)32(38)41-36/h7-8,12,14-18,22,24-25,29H,4-6,9-11,13,19-21,37H2,1-3H3/b30-16-/t22-,24+,25+,29-,34+,35-,36+/m0/s1. The molecule has 2 fully saturated rings. The lowest BCUT2D eigenvalue weighted by atomic mass is 9.29. The number of esters is 2. The number of hydrogen-bond donors (Lipinski definition) is 1. The summed E-state index contributed by atoms with van der Waals surface area (Å²) in [5.41, 5.74) is 8.58. The van der Waals surface area contributed by atoms with Gasteiger partial charge in [0.1, 0.15) is 11.2 Å². The van der Waals surface area contributed by atoms with Crippen LogP contribution in [0.2, 0.25) is 0 Å². The van der Waals surface area contributed by atoms with Gasteiger partial charge in [0.15, 0.2) is 5.60 Å². The molecule has 2 heterocycles. The highest BCUT2D eigenvalue weighted by Crippen LogP contribution is 2.86. The Morgan fingerprint density at radius 1 is 1.15 bits per heavy atom. The molecule has 1 spiro atoms. The van der Waals surface area contributed by atoms with Crippen LogP contribution in [0.15, 0.2) is 65.5 Å². The second kappa shape index (κ2) is 9.55. The summed E-state index contributed by atoms with van der Waals surface area (Å²) in [6, 6.07) is 6.20. The first-order chi connectivity index (χ1) is 19.9. The van der Waals surface area contributed by atoms with Crippen molar-refractivity contribution in [1.82, 2.24) is 0 Å². The summed E-state index contributed by atoms with van der Waals surface area (Å²) in [4.78, 5) is 28.5. The Morgan fingerprint density at radius 3 is 2.78 bits per heavy atom. The van der Waals surface area contributed by atoms with E-state index in [0.29, 0.717) is 29.9 Å². The Morgan fingerprint density at radius 2 is 2.00 bits per heavy atom. The van der Waals surface area contributed by atoms with Crippen molar-refractivity contribution >= 4 is 11.9 Å². The average molecular weight is 554 g/mol. The number of allylic oxidation sites excluding steroid dienone is 6. The largest absolute Gasteiger partial charge is 0.449 e. The molecule has 0 unspecified atom stereocenters. The van der Waals surface area contributed by atoms with E-state index in [1.54, 1.807) is 0 Å². The summed E-state index contributed by atoms with van der Waals surface area (Å²) in [6.07, 6.45) is 19.2. The Kier molecular flexibility index (Phi) is 6.28. The van der Waals surface area contributed by atoms with Gasteiger partial charge < -0.3 is 15.2 Å². The molecule has 0 bridgehead atoms. The van der Waals surface area contributed by atoms with E-state index >= 15 is 0 Å². The van der Waals surface area contributed by atoms with E-state index in [2.05, 4.69) is 63.3 Å². The van der Waals surface area contributed by atoms with Crippen LogP contribution in [0.4, 0.5) is 0 Å². The van der Waals surface area contributed by atoms with E-state index in [4.69, 9.17) is 15.2 Å². The van der Waals surface area contributed by atoms with Crippen LogP contribution in [0, 0.1) is 34.5 Å². The van der Waals surface area contributed by atoms with Crippen molar-refractivity contribution in [2.75, 3.05) is 6.54 Å². The van der Waals surface area contributed by atoms with Crippen LogP contribution in [0.3, 0.4) is 0 Å². The molecule has 5 heteroatoms. The Balaban J connectivity index is 1.50. The number of aryl methyl sites for hydroxylation is 1. The second-order valence-electron chi connectivity index (χ2n) is 13.2. The predicted molar refractivity (Wildman–Crippen MR) is 159 cm³/mol. The SMILES string of the molecule is CCC/C=C1\OC(=O)[C@@]23C4=C(CC[C@@]12[C@]1(OC(=O)c2c(CCCN)cccc21)[C@H]3CCC)[C@@H]1C=CC[C@H](C)[C@H]1C=C4. The molecule has 41 heavy (non-hydrogen) atoms. The topological polar surface area (TPSA) is 78.6 Å². The fraction of sp³-hybridized carbons (Fsp3) is 0.556. The number of unbranched alkanes of at least 4 members (excludes halogenated alkanes) is 1. The van der Waals surface area contributed by atoms with Gasteiger partial charge in [-0.15, -0.1) is 0 Å². The third kappa shape index (κ3) is 3.06. The van der Waals surface area contributed by atoms with Crippen LogP contribution in [0.5, 0.6) is 0 Å². The molecule has 1 saturated carbocycles. The van der Waals surface area contributed by atoms with Crippen molar-refractivity contribution in [3.63, 3.8) is 0 Å². The van der Waals surface area contributed by atoms with Gasteiger partial charge >= 0.3 is 11.9 Å². The Bertz CT molecular complexity index is 1430. The molecule has 0 aromatic heterocycles. The number of nitrogens with two attached hydrogens (primary N) is 1. The van der Waals surface area contributed by atoms with E-state index in [-0.39, 0.29) is 17.9 Å². The molecule has 2 aliphatic heterocycles. The lowest BCUT2D eigenvalue weighted by Gasteiger charge is -2.71. The fourth-order valence-electron chi connectivity index (χ4n) is 10.0. The first-order valence-electron chi connectivity index (χ1n) is 16.0. The smallest absolute Gasteiger partial charge is 0.339 e. The molecular formula is C36H43NO4. The van der Waals surface area contributed by atoms with Crippen molar-refractivity contribution in [3.05, 3.63) is 82.2 Å². The van der Waals surface area contributed by atoms with E-state index in [1.807, 2.05) is 6.07 Å².